The SMILES string of the molecule is COC(=O)C1=C(C(=O)OC)C(c2ccc(C)cc2)C2C(=CC(c3ccc(C)cc3)C3C(=O)N(c4ccc(OC)cc4)C(=O)C32)S1. The molecule has 5 atom stereocenters. The molecule has 8 nitrogen and oxygen atoms in total. The molecule has 3 aliphatic rings. The first-order valence-electron chi connectivity index (χ1n) is 14.6. The highest BCUT2D eigenvalue weighted by Gasteiger charge is 2.61. The van der Waals surface area contributed by atoms with Crippen LogP contribution >= 0.6 is 11.8 Å². The predicted octanol–water partition coefficient (Wildman–Crippen LogP) is 5.85. The van der Waals surface area contributed by atoms with E-state index < -0.39 is 41.5 Å². The molecule has 230 valence electrons. The van der Waals surface area contributed by atoms with Gasteiger partial charge in [-0.3, -0.25) is 14.5 Å². The Hall–Kier alpha value is -4.63. The van der Waals surface area contributed by atoms with Crippen LogP contribution in [0.3, 0.4) is 0 Å². The standard InChI is InChI=1S/C36H33NO7S/c1-19-6-10-21(11-7-19)25-18-26-29(30-28(25)33(38)37(34(30)39)23-14-16-24(42-3)17-15-23)27(22-12-8-20(2)9-13-22)31(35(40)43-4)32(45-26)36(41)44-5/h6-18,25,27-30H,1-5H3. The van der Waals surface area contributed by atoms with Crippen LogP contribution in [0.4, 0.5) is 5.69 Å². The quantitative estimate of drug-likeness (QED) is 0.249. The van der Waals surface area contributed by atoms with Crippen LogP contribution in [0.5, 0.6) is 5.75 Å². The van der Waals surface area contributed by atoms with Gasteiger partial charge >= 0.3 is 11.9 Å². The lowest BCUT2D eigenvalue weighted by Gasteiger charge is -2.43. The first-order valence-corrected chi connectivity index (χ1v) is 15.5. The van der Waals surface area contributed by atoms with E-state index >= 15 is 0 Å². The number of amides is 2. The highest BCUT2D eigenvalue weighted by atomic mass is 32.2. The molecular weight excluding hydrogens is 590 g/mol. The molecule has 9 heteroatoms. The first kappa shape index (κ1) is 30.4. The Morgan fingerprint density at radius 3 is 1.80 bits per heavy atom. The molecule has 0 spiro atoms. The number of methoxy groups -OCH3 is 3. The predicted molar refractivity (Wildman–Crippen MR) is 171 cm³/mol. The molecule has 45 heavy (non-hydrogen) atoms. The second kappa shape index (κ2) is 12.0. The summed E-state index contributed by atoms with van der Waals surface area (Å²) in [5, 5.41) is 0. The van der Waals surface area contributed by atoms with E-state index in [0.29, 0.717) is 11.4 Å². The van der Waals surface area contributed by atoms with Crippen LogP contribution < -0.4 is 9.64 Å². The van der Waals surface area contributed by atoms with Crippen molar-refractivity contribution in [2.75, 3.05) is 26.2 Å². The number of anilines is 1. The van der Waals surface area contributed by atoms with E-state index in [-0.39, 0.29) is 22.3 Å². The van der Waals surface area contributed by atoms with Crippen LogP contribution in [0, 0.1) is 31.6 Å². The number of aryl methyl sites for hydroxylation is 2. The van der Waals surface area contributed by atoms with Gasteiger partial charge in [0.15, 0.2) is 0 Å². The fourth-order valence-electron chi connectivity index (χ4n) is 6.80. The van der Waals surface area contributed by atoms with Crippen molar-refractivity contribution in [1.29, 1.82) is 0 Å². The molecule has 0 aromatic heterocycles. The molecule has 1 aliphatic carbocycles. The Kier molecular flexibility index (Phi) is 8.14. The molecule has 0 saturated carbocycles. The van der Waals surface area contributed by atoms with Crippen molar-refractivity contribution in [1.82, 2.24) is 0 Å². The van der Waals surface area contributed by atoms with Gasteiger partial charge in [-0.05, 0) is 54.1 Å². The fourth-order valence-corrected chi connectivity index (χ4v) is 8.16. The second-order valence-electron chi connectivity index (χ2n) is 11.5. The number of allylic oxidation sites excluding steroid dienone is 2. The maximum atomic E-state index is 14.7. The minimum absolute atomic E-state index is 0.113. The summed E-state index contributed by atoms with van der Waals surface area (Å²) >= 11 is 1.12. The van der Waals surface area contributed by atoms with Crippen molar-refractivity contribution in [2.24, 2.45) is 17.8 Å². The van der Waals surface area contributed by atoms with Crippen LogP contribution in [0.25, 0.3) is 0 Å². The third kappa shape index (κ3) is 5.15. The Balaban J connectivity index is 1.60. The summed E-state index contributed by atoms with van der Waals surface area (Å²) in [7, 11) is 4.08. The van der Waals surface area contributed by atoms with Gasteiger partial charge in [0.2, 0.25) is 11.8 Å². The van der Waals surface area contributed by atoms with Gasteiger partial charge in [-0.2, -0.15) is 0 Å². The van der Waals surface area contributed by atoms with E-state index in [1.54, 1.807) is 31.4 Å². The van der Waals surface area contributed by atoms with Gasteiger partial charge in [-0.1, -0.05) is 77.5 Å². The van der Waals surface area contributed by atoms with Gasteiger partial charge in [0.25, 0.3) is 0 Å². The molecule has 2 aliphatic heterocycles. The molecule has 0 radical (unpaired) electrons. The number of carbonyl (C=O) groups is 4. The lowest BCUT2D eigenvalue weighted by atomic mass is 9.63. The van der Waals surface area contributed by atoms with Gasteiger partial charge in [0.05, 0.1) is 44.4 Å². The number of ether oxygens (including phenoxy) is 3. The summed E-state index contributed by atoms with van der Waals surface area (Å²) in [6.07, 6.45) is 2.00. The molecule has 0 bridgehead atoms. The fraction of sp³-hybridized carbons (Fsp3) is 0.278. The number of thioether (sulfide) groups is 1. The Morgan fingerprint density at radius 2 is 1.24 bits per heavy atom. The highest BCUT2D eigenvalue weighted by Crippen LogP contribution is 2.61. The molecule has 5 unspecified atom stereocenters. The van der Waals surface area contributed by atoms with Gasteiger partial charge < -0.3 is 14.2 Å². The van der Waals surface area contributed by atoms with Gasteiger partial charge in [0.1, 0.15) is 10.7 Å². The molecule has 1 fully saturated rings. The summed E-state index contributed by atoms with van der Waals surface area (Å²) in [5.74, 6) is -4.82. The summed E-state index contributed by atoms with van der Waals surface area (Å²) < 4.78 is 15.7. The summed E-state index contributed by atoms with van der Waals surface area (Å²) in [6, 6.07) is 22.4. The summed E-state index contributed by atoms with van der Waals surface area (Å²) in [6.45, 7) is 3.94. The molecular formula is C36H33NO7S. The number of imide groups is 1. The van der Waals surface area contributed by atoms with Gasteiger partial charge in [-0.15, -0.1) is 0 Å². The molecule has 1 saturated heterocycles. The summed E-state index contributed by atoms with van der Waals surface area (Å²) in [5.41, 5.74) is 4.25. The number of rotatable bonds is 6. The number of hydrogen-bond acceptors (Lipinski definition) is 8. The second-order valence-corrected chi connectivity index (χ2v) is 12.6. The zero-order valence-corrected chi connectivity index (χ0v) is 26.4. The molecule has 3 aromatic carbocycles. The van der Waals surface area contributed by atoms with Crippen LogP contribution in [0.1, 0.15) is 34.1 Å². The number of hydrogen-bond donors (Lipinski definition) is 0. The normalized spacial score (nSPS) is 24.1. The maximum absolute atomic E-state index is 14.7. The summed E-state index contributed by atoms with van der Waals surface area (Å²) in [4.78, 5) is 58.0. The smallest absolute Gasteiger partial charge is 0.345 e. The van der Waals surface area contributed by atoms with E-state index in [0.717, 1.165) is 38.9 Å². The minimum atomic E-state index is -0.830. The number of benzene rings is 3. The van der Waals surface area contributed by atoms with Crippen LogP contribution in [-0.2, 0) is 28.7 Å². The average molecular weight is 624 g/mol. The third-order valence-electron chi connectivity index (χ3n) is 8.98. The molecule has 3 aromatic rings. The average Bonchev–Trinajstić information content (AvgIpc) is 3.33. The van der Waals surface area contributed by atoms with E-state index in [2.05, 4.69) is 0 Å². The molecule has 0 N–H and O–H groups in total. The van der Waals surface area contributed by atoms with Crippen molar-refractivity contribution in [3.63, 3.8) is 0 Å². The Morgan fingerprint density at radius 1 is 0.689 bits per heavy atom. The zero-order valence-electron chi connectivity index (χ0n) is 25.6. The van der Waals surface area contributed by atoms with E-state index in [9.17, 15) is 19.2 Å². The Labute approximate surface area is 266 Å². The van der Waals surface area contributed by atoms with Crippen LogP contribution in [-0.4, -0.2) is 45.1 Å². The largest absolute Gasteiger partial charge is 0.497 e. The minimum Gasteiger partial charge on any atom is -0.497 e. The van der Waals surface area contributed by atoms with Crippen molar-refractivity contribution in [3.05, 3.63) is 117 Å². The topological polar surface area (TPSA) is 99.2 Å². The molecule has 2 heterocycles. The van der Waals surface area contributed by atoms with Gasteiger partial charge in [0, 0.05) is 17.8 Å². The lowest BCUT2D eigenvalue weighted by Crippen LogP contribution is -2.41. The highest BCUT2D eigenvalue weighted by molar-refractivity contribution is 8.07. The monoisotopic (exact) mass is 623 g/mol. The van der Waals surface area contributed by atoms with Gasteiger partial charge in [-0.25, -0.2) is 9.59 Å². The number of fused-ring (bicyclic) bond motifs is 3. The van der Waals surface area contributed by atoms with E-state index in [1.807, 2.05) is 68.5 Å². The van der Waals surface area contributed by atoms with Crippen LogP contribution in [0.2, 0.25) is 0 Å². The van der Waals surface area contributed by atoms with Crippen molar-refractivity contribution in [2.45, 2.75) is 25.7 Å². The third-order valence-corrected chi connectivity index (χ3v) is 10.2. The number of nitrogens with zero attached hydrogens (tertiary/aromatic N) is 1. The van der Waals surface area contributed by atoms with Crippen molar-refractivity contribution < 1.29 is 33.4 Å². The zero-order chi connectivity index (χ0) is 32.0. The first-order chi connectivity index (χ1) is 21.7. The Bertz CT molecular complexity index is 1740. The number of carbonyl (C=O) groups excluding carboxylic acids is 4. The maximum Gasteiger partial charge on any atom is 0.345 e. The number of esters is 2. The lowest BCUT2D eigenvalue weighted by molar-refractivity contribution is -0.139. The molecule has 2 amide bonds. The van der Waals surface area contributed by atoms with E-state index in [1.165, 1.54) is 19.1 Å². The van der Waals surface area contributed by atoms with Crippen molar-refractivity contribution in [3.8, 4) is 5.75 Å². The van der Waals surface area contributed by atoms with E-state index in [4.69, 9.17) is 14.2 Å². The molecule has 6 rings (SSSR count). The van der Waals surface area contributed by atoms with Crippen molar-refractivity contribution >= 4 is 41.2 Å². The van der Waals surface area contributed by atoms with Crippen LogP contribution in [0.15, 0.2) is 94.3 Å².